The predicted molar refractivity (Wildman–Crippen MR) is 129 cm³/mol. The Morgan fingerprint density at radius 2 is 1.48 bits per heavy atom. The summed E-state index contributed by atoms with van der Waals surface area (Å²) in [6.07, 6.45) is 1.87. The second-order valence-electron chi connectivity index (χ2n) is 7.38. The first kappa shape index (κ1) is 24.5. The molecule has 0 unspecified atom stereocenters. The molecule has 3 aromatic carbocycles. The standard InChI is InChI=1S/C24H25N3O4S2/c1-17-8-14-20(15-9-17)33(30,31)27(2)16-18-10-12-19(13-11-18)23(28)25-26-24(29)21-6-4-5-7-22(21)32-3/h4-15H,16H2,1-3H3,(H,25,28)(H,26,29). The van der Waals surface area contributed by atoms with Gasteiger partial charge in [-0.2, -0.15) is 4.31 Å². The molecule has 9 heteroatoms. The summed E-state index contributed by atoms with van der Waals surface area (Å²) in [5.41, 5.74) is 7.34. The van der Waals surface area contributed by atoms with Crippen molar-refractivity contribution in [2.24, 2.45) is 0 Å². The normalized spacial score (nSPS) is 11.3. The van der Waals surface area contributed by atoms with E-state index in [1.807, 2.05) is 25.3 Å². The van der Waals surface area contributed by atoms with E-state index in [2.05, 4.69) is 10.9 Å². The highest BCUT2D eigenvalue weighted by Crippen LogP contribution is 2.20. The van der Waals surface area contributed by atoms with Crippen LogP contribution in [0.2, 0.25) is 0 Å². The lowest BCUT2D eigenvalue weighted by Crippen LogP contribution is -2.41. The van der Waals surface area contributed by atoms with Gasteiger partial charge in [-0.1, -0.05) is 42.0 Å². The number of hydrazine groups is 1. The van der Waals surface area contributed by atoms with Crippen LogP contribution in [0.25, 0.3) is 0 Å². The second kappa shape index (κ2) is 10.7. The fourth-order valence-electron chi connectivity index (χ4n) is 3.08. The molecule has 3 rings (SSSR count). The lowest BCUT2D eigenvalue weighted by molar-refractivity contribution is 0.0845. The van der Waals surface area contributed by atoms with Crippen molar-refractivity contribution in [2.45, 2.75) is 23.3 Å². The molecule has 0 aliphatic heterocycles. The Labute approximate surface area is 198 Å². The van der Waals surface area contributed by atoms with Crippen LogP contribution in [0, 0.1) is 6.92 Å². The van der Waals surface area contributed by atoms with Gasteiger partial charge in [0, 0.05) is 24.1 Å². The number of thioether (sulfide) groups is 1. The highest BCUT2D eigenvalue weighted by molar-refractivity contribution is 7.98. The Morgan fingerprint density at radius 3 is 2.12 bits per heavy atom. The van der Waals surface area contributed by atoms with Crippen LogP contribution < -0.4 is 10.9 Å². The maximum Gasteiger partial charge on any atom is 0.270 e. The van der Waals surface area contributed by atoms with Crippen LogP contribution in [0.3, 0.4) is 0 Å². The van der Waals surface area contributed by atoms with E-state index in [-0.39, 0.29) is 11.4 Å². The molecule has 0 saturated carbocycles. The second-order valence-corrected chi connectivity index (χ2v) is 10.3. The number of nitrogens with one attached hydrogen (secondary N) is 2. The number of carbonyl (C=O) groups is 2. The molecular formula is C24H25N3O4S2. The lowest BCUT2D eigenvalue weighted by atomic mass is 10.1. The van der Waals surface area contributed by atoms with Crippen molar-refractivity contribution in [1.29, 1.82) is 0 Å². The zero-order valence-electron chi connectivity index (χ0n) is 18.5. The molecule has 3 aromatic rings. The summed E-state index contributed by atoms with van der Waals surface area (Å²) < 4.78 is 26.8. The average Bonchev–Trinajstić information content (AvgIpc) is 2.83. The van der Waals surface area contributed by atoms with Crippen LogP contribution in [0.1, 0.15) is 31.8 Å². The van der Waals surface area contributed by atoms with E-state index in [0.717, 1.165) is 16.0 Å². The van der Waals surface area contributed by atoms with Crippen molar-refractivity contribution in [1.82, 2.24) is 15.2 Å². The molecule has 33 heavy (non-hydrogen) atoms. The summed E-state index contributed by atoms with van der Waals surface area (Å²) in [6.45, 7) is 2.05. The van der Waals surface area contributed by atoms with E-state index < -0.39 is 21.8 Å². The predicted octanol–water partition coefficient (Wildman–Crippen LogP) is 3.61. The Balaban J connectivity index is 1.60. The quantitative estimate of drug-likeness (QED) is 0.395. The first-order valence-corrected chi connectivity index (χ1v) is 12.7. The number of amides is 2. The van der Waals surface area contributed by atoms with Crippen molar-refractivity contribution >= 4 is 33.6 Å². The van der Waals surface area contributed by atoms with Gasteiger partial charge >= 0.3 is 0 Å². The largest absolute Gasteiger partial charge is 0.270 e. The topological polar surface area (TPSA) is 95.6 Å². The first-order chi connectivity index (χ1) is 15.7. The summed E-state index contributed by atoms with van der Waals surface area (Å²) in [4.78, 5) is 25.8. The summed E-state index contributed by atoms with van der Waals surface area (Å²) in [5.74, 6) is -0.884. The summed E-state index contributed by atoms with van der Waals surface area (Å²) in [6, 6.07) is 20.3. The van der Waals surface area contributed by atoms with Crippen LogP contribution in [0.5, 0.6) is 0 Å². The fourth-order valence-corrected chi connectivity index (χ4v) is 4.83. The molecule has 0 aliphatic carbocycles. The molecule has 2 amide bonds. The molecule has 7 nitrogen and oxygen atoms in total. The van der Waals surface area contributed by atoms with E-state index >= 15 is 0 Å². The number of benzene rings is 3. The number of hydrogen-bond acceptors (Lipinski definition) is 5. The first-order valence-electron chi connectivity index (χ1n) is 10.1. The zero-order chi connectivity index (χ0) is 24.0. The number of rotatable bonds is 7. The zero-order valence-corrected chi connectivity index (χ0v) is 20.2. The lowest BCUT2D eigenvalue weighted by Gasteiger charge is -2.17. The number of nitrogens with zero attached hydrogens (tertiary/aromatic N) is 1. The molecular weight excluding hydrogens is 458 g/mol. The summed E-state index contributed by atoms with van der Waals surface area (Å²) in [7, 11) is -2.11. The van der Waals surface area contributed by atoms with Gasteiger partial charge < -0.3 is 0 Å². The molecule has 0 heterocycles. The van der Waals surface area contributed by atoms with Crippen molar-refractivity contribution in [2.75, 3.05) is 13.3 Å². The average molecular weight is 484 g/mol. The molecule has 0 radical (unpaired) electrons. The van der Waals surface area contributed by atoms with Gasteiger partial charge in [0.05, 0.1) is 10.5 Å². The minimum Gasteiger partial charge on any atom is -0.267 e. The number of hydrogen-bond donors (Lipinski definition) is 2. The molecule has 0 aliphatic rings. The Morgan fingerprint density at radius 1 is 0.879 bits per heavy atom. The third-order valence-corrected chi connectivity index (χ3v) is 7.61. The van der Waals surface area contributed by atoms with Crippen LogP contribution in [0.4, 0.5) is 0 Å². The molecule has 0 bridgehead atoms. The maximum atomic E-state index is 12.8. The minimum absolute atomic E-state index is 0.153. The fraction of sp³-hybridized carbons (Fsp3) is 0.167. The van der Waals surface area contributed by atoms with Gasteiger partial charge in [-0.15, -0.1) is 11.8 Å². The number of carbonyl (C=O) groups excluding carboxylic acids is 2. The third-order valence-electron chi connectivity index (χ3n) is 4.99. The summed E-state index contributed by atoms with van der Waals surface area (Å²) >= 11 is 1.44. The van der Waals surface area contributed by atoms with E-state index in [9.17, 15) is 18.0 Å². The number of aryl methyl sites for hydroxylation is 1. The van der Waals surface area contributed by atoms with Gasteiger partial charge in [-0.25, -0.2) is 8.42 Å². The highest BCUT2D eigenvalue weighted by atomic mass is 32.2. The SMILES string of the molecule is CSc1ccccc1C(=O)NNC(=O)c1ccc(CN(C)S(=O)(=O)c2ccc(C)cc2)cc1. The van der Waals surface area contributed by atoms with E-state index in [4.69, 9.17) is 0 Å². The molecule has 0 fully saturated rings. The van der Waals surface area contributed by atoms with Gasteiger partial charge in [-0.3, -0.25) is 20.4 Å². The van der Waals surface area contributed by atoms with Crippen molar-refractivity contribution < 1.29 is 18.0 Å². The van der Waals surface area contributed by atoms with Crippen LogP contribution >= 0.6 is 11.8 Å². The molecule has 0 spiro atoms. The van der Waals surface area contributed by atoms with Gasteiger partial charge in [0.15, 0.2) is 0 Å². The molecule has 172 valence electrons. The van der Waals surface area contributed by atoms with Gasteiger partial charge in [0.25, 0.3) is 11.8 Å². The minimum atomic E-state index is -3.63. The van der Waals surface area contributed by atoms with Gasteiger partial charge in [-0.05, 0) is 55.1 Å². The number of sulfonamides is 1. The molecule has 2 N–H and O–H groups in total. The third kappa shape index (κ3) is 6.01. The van der Waals surface area contributed by atoms with E-state index in [1.54, 1.807) is 60.7 Å². The Bertz CT molecular complexity index is 1240. The smallest absolute Gasteiger partial charge is 0.267 e. The van der Waals surface area contributed by atoms with Gasteiger partial charge in [0.2, 0.25) is 10.0 Å². The van der Waals surface area contributed by atoms with E-state index in [1.165, 1.54) is 23.1 Å². The van der Waals surface area contributed by atoms with Crippen molar-refractivity contribution in [3.63, 3.8) is 0 Å². The highest BCUT2D eigenvalue weighted by Gasteiger charge is 2.21. The van der Waals surface area contributed by atoms with Crippen LogP contribution in [-0.2, 0) is 16.6 Å². The Kier molecular flexibility index (Phi) is 7.91. The monoisotopic (exact) mass is 483 g/mol. The van der Waals surface area contributed by atoms with Crippen LogP contribution in [0.15, 0.2) is 82.6 Å². The van der Waals surface area contributed by atoms with Crippen molar-refractivity contribution in [3.05, 3.63) is 95.1 Å². The van der Waals surface area contributed by atoms with Gasteiger partial charge in [0.1, 0.15) is 0 Å². The van der Waals surface area contributed by atoms with Crippen molar-refractivity contribution in [3.8, 4) is 0 Å². The molecule has 0 atom stereocenters. The molecule has 0 saturated heterocycles. The Hall–Kier alpha value is -3.14. The van der Waals surface area contributed by atoms with Crippen LogP contribution in [-0.4, -0.2) is 37.8 Å². The summed E-state index contributed by atoms with van der Waals surface area (Å²) in [5, 5.41) is 0. The molecule has 0 aromatic heterocycles. The maximum absolute atomic E-state index is 12.8. The van der Waals surface area contributed by atoms with E-state index in [0.29, 0.717) is 11.1 Å².